The van der Waals surface area contributed by atoms with Crippen molar-refractivity contribution < 1.29 is 23.9 Å². The molecule has 8 heteroatoms. The number of rotatable bonds is 5. The van der Waals surface area contributed by atoms with Crippen LogP contribution in [0.1, 0.15) is 45.4 Å². The predicted octanol–water partition coefficient (Wildman–Crippen LogP) is 2.56. The summed E-state index contributed by atoms with van der Waals surface area (Å²) in [5.74, 6) is -1.37. The first kappa shape index (κ1) is 20.4. The van der Waals surface area contributed by atoms with Crippen molar-refractivity contribution >= 4 is 29.4 Å². The van der Waals surface area contributed by atoms with Gasteiger partial charge in [0, 0.05) is 12.6 Å². The van der Waals surface area contributed by atoms with E-state index in [0.29, 0.717) is 24.8 Å². The van der Waals surface area contributed by atoms with E-state index in [9.17, 15) is 19.2 Å². The summed E-state index contributed by atoms with van der Waals surface area (Å²) >= 11 is 0. The molecule has 1 aromatic rings. The van der Waals surface area contributed by atoms with E-state index in [2.05, 4.69) is 0 Å². The van der Waals surface area contributed by atoms with Crippen LogP contribution >= 0.6 is 0 Å². The largest absolute Gasteiger partial charge is 0.492 e. The average Bonchev–Trinajstić information content (AvgIpc) is 2.97. The number of carbonyl (C=O) groups excluding carboxylic acids is 4. The minimum atomic E-state index is -0.975. The number of hydrogen-bond acceptors (Lipinski definition) is 5. The number of para-hydroxylation sites is 2. The van der Waals surface area contributed by atoms with Gasteiger partial charge in [0.25, 0.3) is 0 Å². The summed E-state index contributed by atoms with van der Waals surface area (Å²) in [6, 6.07) is 5.94. The van der Waals surface area contributed by atoms with E-state index in [1.165, 1.54) is 6.42 Å². The van der Waals surface area contributed by atoms with Gasteiger partial charge in [0.2, 0.25) is 5.91 Å². The third-order valence-corrected chi connectivity index (χ3v) is 6.32. The topological polar surface area (TPSA) is 87.2 Å². The van der Waals surface area contributed by atoms with Crippen LogP contribution in [0.3, 0.4) is 0 Å². The molecular formula is C22H27N3O5. The van der Waals surface area contributed by atoms with Crippen molar-refractivity contribution in [3.63, 3.8) is 0 Å². The zero-order valence-corrected chi connectivity index (χ0v) is 17.2. The molecular weight excluding hydrogens is 386 g/mol. The Morgan fingerprint density at radius 2 is 1.77 bits per heavy atom. The molecule has 0 N–H and O–H groups in total. The minimum absolute atomic E-state index is 0.179. The molecule has 0 spiro atoms. The Kier molecular flexibility index (Phi) is 5.74. The van der Waals surface area contributed by atoms with Crippen LogP contribution in [-0.2, 0) is 14.4 Å². The van der Waals surface area contributed by atoms with Crippen molar-refractivity contribution in [2.45, 2.75) is 51.5 Å². The van der Waals surface area contributed by atoms with Crippen LogP contribution in [0.15, 0.2) is 24.3 Å². The van der Waals surface area contributed by atoms with Crippen LogP contribution in [-0.4, -0.2) is 59.3 Å². The van der Waals surface area contributed by atoms with E-state index in [4.69, 9.17) is 4.74 Å². The Labute approximate surface area is 175 Å². The molecule has 8 nitrogen and oxygen atoms in total. The highest BCUT2D eigenvalue weighted by Gasteiger charge is 2.48. The Balaban J connectivity index is 1.53. The van der Waals surface area contributed by atoms with Crippen LogP contribution < -0.4 is 9.64 Å². The van der Waals surface area contributed by atoms with Crippen molar-refractivity contribution in [1.29, 1.82) is 0 Å². The number of likely N-dealkylation sites (tertiary alicyclic amines) is 1. The lowest BCUT2D eigenvalue weighted by atomic mass is 9.78. The summed E-state index contributed by atoms with van der Waals surface area (Å²) < 4.78 is 5.50. The summed E-state index contributed by atoms with van der Waals surface area (Å²) in [7, 11) is 0. The fraction of sp³-hybridized carbons (Fsp3) is 0.545. The SMILES string of the molecule is CCOc1ccccc1N1C(=O)C(=O)N(CC(=O)N2CCCC3CCCCC32)C1=O. The molecule has 0 aromatic heterocycles. The zero-order valence-electron chi connectivity index (χ0n) is 17.2. The second kappa shape index (κ2) is 8.45. The van der Waals surface area contributed by atoms with Crippen molar-refractivity contribution in [2.24, 2.45) is 5.92 Å². The lowest BCUT2D eigenvalue weighted by Crippen LogP contribution is -2.53. The van der Waals surface area contributed by atoms with Gasteiger partial charge in [-0.3, -0.25) is 14.4 Å². The summed E-state index contributed by atoms with van der Waals surface area (Å²) in [6.07, 6.45) is 6.42. The first-order valence-electron chi connectivity index (χ1n) is 10.7. The van der Waals surface area contributed by atoms with Gasteiger partial charge < -0.3 is 9.64 Å². The van der Waals surface area contributed by atoms with Crippen molar-refractivity contribution in [1.82, 2.24) is 9.80 Å². The standard InChI is InChI=1S/C22H27N3O5/c1-2-30-18-12-6-5-11-17(18)25-21(28)20(27)24(22(25)29)14-19(26)23-13-7-9-15-8-3-4-10-16(15)23/h5-6,11-12,15-16H,2-4,7-10,13-14H2,1H3. The van der Waals surface area contributed by atoms with Crippen molar-refractivity contribution in [3.8, 4) is 5.75 Å². The fourth-order valence-electron chi connectivity index (χ4n) is 4.94. The monoisotopic (exact) mass is 413 g/mol. The van der Waals surface area contributed by atoms with Gasteiger partial charge in [-0.15, -0.1) is 0 Å². The van der Waals surface area contributed by atoms with Gasteiger partial charge in [-0.2, -0.15) is 0 Å². The molecule has 2 aliphatic heterocycles. The summed E-state index contributed by atoms with van der Waals surface area (Å²) in [6.45, 7) is 2.37. The van der Waals surface area contributed by atoms with Crippen LogP contribution in [0, 0.1) is 5.92 Å². The molecule has 2 heterocycles. The number of carbonyl (C=O) groups is 4. The highest BCUT2D eigenvalue weighted by atomic mass is 16.5. The summed E-state index contributed by atoms with van der Waals surface area (Å²) in [4.78, 5) is 54.6. The highest BCUT2D eigenvalue weighted by Crippen LogP contribution is 2.36. The van der Waals surface area contributed by atoms with Gasteiger partial charge in [-0.1, -0.05) is 25.0 Å². The maximum atomic E-state index is 13.0. The van der Waals surface area contributed by atoms with Gasteiger partial charge in [0.1, 0.15) is 12.3 Å². The van der Waals surface area contributed by atoms with Crippen LogP contribution in [0.25, 0.3) is 0 Å². The molecule has 5 amide bonds. The maximum absolute atomic E-state index is 13.0. The van der Waals surface area contributed by atoms with Gasteiger partial charge in [0.15, 0.2) is 0 Å². The molecule has 1 aromatic carbocycles. The zero-order chi connectivity index (χ0) is 21.3. The number of nitrogens with zero attached hydrogens (tertiary/aromatic N) is 3. The normalized spacial score (nSPS) is 24.3. The quantitative estimate of drug-likeness (QED) is 0.547. The van der Waals surface area contributed by atoms with Gasteiger partial charge in [-0.05, 0) is 50.7 Å². The van der Waals surface area contributed by atoms with Crippen LogP contribution in [0.4, 0.5) is 10.5 Å². The number of imide groups is 2. The van der Waals surface area contributed by atoms with Gasteiger partial charge in [0.05, 0.1) is 12.3 Å². The predicted molar refractivity (Wildman–Crippen MR) is 109 cm³/mol. The molecule has 3 fully saturated rings. The molecule has 0 radical (unpaired) electrons. The summed E-state index contributed by atoms with van der Waals surface area (Å²) in [5.41, 5.74) is 0.211. The molecule has 2 unspecified atom stereocenters. The second-order valence-electron chi connectivity index (χ2n) is 8.06. The Morgan fingerprint density at radius 3 is 2.57 bits per heavy atom. The fourth-order valence-corrected chi connectivity index (χ4v) is 4.94. The first-order valence-corrected chi connectivity index (χ1v) is 10.7. The lowest BCUT2D eigenvalue weighted by Gasteiger charge is -2.44. The molecule has 0 bridgehead atoms. The number of hydrogen-bond donors (Lipinski definition) is 0. The number of ether oxygens (including phenoxy) is 1. The third-order valence-electron chi connectivity index (χ3n) is 6.32. The minimum Gasteiger partial charge on any atom is -0.492 e. The first-order chi connectivity index (χ1) is 14.5. The van der Waals surface area contributed by atoms with Crippen molar-refractivity contribution in [3.05, 3.63) is 24.3 Å². The molecule has 160 valence electrons. The average molecular weight is 413 g/mol. The number of urea groups is 1. The van der Waals surface area contributed by atoms with E-state index in [-0.39, 0.29) is 17.6 Å². The Morgan fingerprint density at radius 1 is 1.03 bits per heavy atom. The summed E-state index contributed by atoms with van der Waals surface area (Å²) in [5, 5.41) is 0. The van der Waals surface area contributed by atoms with E-state index >= 15 is 0 Å². The van der Waals surface area contributed by atoms with E-state index < -0.39 is 24.4 Å². The van der Waals surface area contributed by atoms with Crippen molar-refractivity contribution in [2.75, 3.05) is 24.6 Å². The van der Waals surface area contributed by atoms with Crippen LogP contribution in [0.5, 0.6) is 5.75 Å². The maximum Gasteiger partial charge on any atom is 0.339 e. The van der Waals surface area contributed by atoms with Gasteiger partial charge >= 0.3 is 17.8 Å². The van der Waals surface area contributed by atoms with Gasteiger partial charge in [-0.25, -0.2) is 14.6 Å². The second-order valence-corrected chi connectivity index (χ2v) is 8.06. The van der Waals surface area contributed by atoms with Crippen LogP contribution in [0.2, 0.25) is 0 Å². The number of fused-ring (bicyclic) bond motifs is 1. The Hall–Kier alpha value is -2.90. The molecule has 2 atom stereocenters. The molecule has 2 saturated heterocycles. The smallest absolute Gasteiger partial charge is 0.339 e. The highest BCUT2D eigenvalue weighted by molar-refractivity contribution is 6.53. The number of piperidine rings is 1. The van der Waals surface area contributed by atoms with E-state index in [0.717, 1.165) is 41.9 Å². The van der Waals surface area contributed by atoms with E-state index in [1.54, 1.807) is 31.2 Å². The number of amides is 5. The number of benzene rings is 1. The molecule has 1 saturated carbocycles. The molecule has 3 aliphatic rings. The number of anilines is 1. The lowest BCUT2D eigenvalue weighted by molar-refractivity contribution is -0.144. The third kappa shape index (κ3) is 3.55. The molecule has 1 aliphatic carbocycles. The molecule has 4 rings (SSSR count). The van der Waals surface area contributed by atoms with E-state index in [1.807, 2.05) is 4.90 Å². The Bertz CT molecular complexity index is 868. The molecule has 30 heavy (non-hydrogen) atoms.